The van der Waals surface area contributed by atoms with Crippen LogP contribution in [0.5, 0.6) is 0 Å². The maximum absolute atomic E-state index is 13.9. The molecule has 1 aromatic carbocycles. The summed E-state index contributed by atoms with van der Waals surface area (Å²) in [6, 6.07) is 0. The number of carbonyl (C=O) groups is 2. The molecule has 0 fully saturated rings. The molecule has 0 N–H and O–H groups in total. The lowest BCUT2D eigenvalue weighted by Crippen LogP contribution is -2.41. The molecule has 0 aromatic heterocycles. The average molecular weight is 551 g/mol. The fourth-order valence-corrected chi connectivity index (χ4v) is 4.39. The first kappa shape index (κ1) is 33.8. The van der Waals surface area contributed by atoms with E-state index in [4.69, 9.17) is 9.47 Å². The number of halogens is 5. The van der Waals surface area contributed by atoms with Crippen molar-refractivity contribution in [3.05, 3.63) is 34.6 Å². The van der Waals surface area contributed by atoms with Gasteiger partial charge in [-0.2, -0.15) is 0 Å². The van der Waals surface area contributed by atoms with Crippen molar-refractivity contribution >= 4 is 11.9 Å². The minimum atomic E-state index is -2.30. The molecule has 0 saturated carbocycles. The number of hydrogen-bond donors (Lipinski definition) is 0. The lowest BCUT2D eigenvalue weighted by Gasteiger charge is -2.27. The molecule has 0 unspecified atom stereocenters. The van der Waals surface area contributed by atoms with E-state index < -0.39 is 58.6 Å². The molecule has 0 bridgehead atoms. The molecular weight excluding hydrogens is 507 g/mol. The molecule has 0 spiro atoms. The Kier molecular flexibility index (Phi) is 16.2. The number of rotatable bonds is 20. The van der Waals surface area contributed by atoms with Crippen molar-refractivity contribution < 1.29 is 41.0 Å². The molecule has 218 valence electrons. The highest BCUT2D eigenvalue weighted by Crippen LogP contribution is 2.32. The predicted molar refractivity (Wildman–Crippen MR) is 136 cm³/mol. The number of unbranched alkanes of at least 4 members (excludes halogenated alkanes) is 12. The van der Waals surface area contributed by atoms with Crippen molar-refractivity contribution in [3.8, 4) is 0 Å². The number of ether oxygens (including phenoxy) is 2. The monoisotopic (exact) mass is 550 g/mol. The van der Waals surface area contributed by atoms with Gasteiger partial charge < -0.3 is 9.47 Å². The number of hydrogen-bond acceptors (Lipinski definition) is 4. The van der Waals surface area contributed by atoms with Crippen molar-refractivity contribution in [2.24, 2.45) is 5.41 Å². The quantitative estimate of drug-likeness (QED) is 0.0406. The lowest BCUT2D eigenvalue weighted by atomic mass is 9.82. The summed E-state index contributed by atoms with van der Waals surface area (Å²) >= 11 is 0. The molecule has 1 rings (SSSR count). The topological polar surface area (TPSA) is 52.6 Å². The molecule has 9 heteroatoms. The molecule has 0 aliphatic rings. The third-order valence-corrected chi connectivity index (χ3v) is 7.12. The van der Waals surface area contributed by atoms with E-state index in [1.54, 1.807) is 13.8 Å². The van der Waals surface area contributed by atoms with Gasteiger partial charge in [-0.1, -0.05) is 97.8 Å². The summed E-state index contributed by atoms with van der Waals surface area (Å²) < 4.78 is 78.0. The molecule has 0 aliphatic heterocycles. The Balaban J connectivity index is 2.42. The smallest absolute Gasteiger partial charge is 0.323 e. The van der Waals surface area contributed by atoms with E-state index in [-0.39, 0.29) is 19.4 Å². The highest BCUT2D eigenvalue weighted by molar-refractivity contribution is 6.00. The first-order valence-electron chi connectivity index (χ1n) is 14.0. The van der Waals surface area contributed by atoms with Crippen LogP contribution in [-0.4, -0.2) is 18.5 Å². The van der Waals surface area contributed by atoms with E-state index in [0.717, 1.165) is 19.3 Å². The van der Waals surface area contributed by atoms with Crippen LogP contribution in [0.1, 0.15) is 123 Å². The second-order valence-electron chi connectivity index (χ2n) is 9.79. The van der Waals surface area contributed by atoms with Crippen molar-refractivity contribution in [1.82, 2.24) is 0 Å². The van der Waals surface area contributed by atoms with Gasteiger partial charge in [-0.3, -0.25) is 9.59 Å². The van der Waals surface area contributed by atoms with Crippen molar-refractivity contribution in [2.75, 3.05) is 6.61 Å². The van der Waals surface area contributed by atoms with E-state index in [1.165, 1.54) is 57.8 Å². The molecule has 1 aromatic rings. The Labute approximate surface area is 223 Å². The van der Waals surface area contributed by atoms with Gasteiger partial charge in [0.1, 0.15) is 6.61 Å². The zero-order chi connectivity index (χ0) is 28.6. The standard InChI is InChI=1S/C29H43F5O4/c1-4-7-8-9-10-11-12-13-14-15-16-17-18-19-37-27(35)29(5-2,6-3)28(36)38-20-21-22(30)24(32)26(34)25(33)23(21)31/h4-20H2,1-3H3. The molecule has 0 atom stereocenters. The minimum absolute atomic E-state index is 0.0170. The summed E-state index contributed by atoms with van der Waals surface area (Å²) in [6.07, 6.45) is 15.1. The van der Waals surface area contributed by atoms with Crippen LogP contribution >= 0.6 is 0 Å². The van der Waals surface area contributed by atoms with Gasteiger partial charge >= 0.3 is 11.9 Å². The third kappa shape index (κ3) is 9.84. The Morgan fingerprint density at radius 2 is 0.921 bits per heavy atom. The Morgan fingerprint density at radius 3 is 1.34 bits per heavy atom. The summed E-state index contributed by atoms with van der Waals surface area (Å²) in [7, 11) is 0. The van der Waals surface area contributed by atoms with Gasteiger partial charge in [-0.15, -0.1) is 0 Å². The van der Waals surface area contributed by atoms with Crippen LogP contribution < -0.4 is 0 Å². The zero-order valence-corrected chi connectivity index (χ0v) is 23.0. The number of esters is 2. The summed E-state index contributed by atoms with van der Waals surface area (Å²) in [6.45, 7) is 4.22. The highest BCUT2D eigenvalue weighted by atomic mass is 19.2. The molecule has 0 saturated heterocycles. The van der Waals surface area contributed by atoms with Crippen LogP contribution in [0.25, 0.3) is 0 Å². The molecule has 38 heavy (non-hydrogen) atoms. The van der Waals surface area contributed by atoms with E-state index in [1.807, 2.05) is 0 Å². The average Bonchev–Trinajstić information content (AvgIpc) is 2.92. The second kappa shape index (κ2) is 18.2. The zero-order valence-electron chi connectivity index (χ0n) is 23.0. The van der Waals surface area contributed by atoms with E-state index in [0.29, 0.717) is 6.42 Å². The second-order valence-corrected chi connectivity index (χ2v) is 9.79. The first-order chi connectivity index (χ1) is 18.2. The van der Waals surface area contributed by atoms with Crippen LogP contribution in [-0.2, 0) is 25.7 Å². The van der Waals surface area contributed by atoms with Crippen LogP contribution in [0, 0.1) is 34.5 Å². The Morgan fingerprint density at radius 1 is 0.553 bits per heavy atom. The molecule has 0 aliphatic carbocycles. The fourth-order valence-electron chi connectivity index (χ4n) is 4.39. The molecular formula is C29H43F5O4. The third-order valence-electron chi connectivity index (χ3n) is 7.12. The van der Waals surface area contributed by atoms with Gasteiger partial charge in [0.05, 0.1) is 12.2 Å². The summed E-state index contributed by atoms with van der Waals surface area (Å²) in [4.78, 5) is 25.5. The van der Waals surface area contributed by atoms with Gasteiger partial charge in [-0.25, -0.2) is 22.0 Å². The maximum Gasteiger partial charge on any atom is 0.323 e. The molecule has 0 heterocycles. The summed E-state index contributed by atoms with van der Waals surface area (Å²) in [5, 5.41) is 0. The van der Waals surface area contributed by atoms with E-state index in [2.05, 4.69) is 6.92 Å². The predicted octanol–water partition coefficient (Wildman–Crippen LogP) is 8.87. The SMILES string of the molecule is CCCCCCCCCCCCCCCOC(=O)C(CC)(CC)C(=O)OCc1c(F)c(F)c(F)c(F)c1F. The molecule has 4 nitrogen and oxygen atoms in total. The first-order valence-corrected chi connectivity index (χ1v) is 14.0. The fraction of sp³-hybridized carbons (Fsp3) is 0.724. The normalized spacial score (nSPS) is 11.6. The minimum Gasteiger partial charge on any atom is -0.465 e. The van der Waals surface area contributed by atoms with E-state index in [9.17, 15) is 31.5 Å². The summed E-state index contributed by atoms with van der Waals surface area (Å²) in [5.41, 5.74) is -3.02. The van der Waals surface area contributed by atoms with Gasteiger partial charge in [0.2, 0.25) is 5.82 Å². The van der Waals surface area contributed by atoms with Crippen molar-refractivity contribution in [1.29, 1.82) is 0 Å². The van der Waals surface area contributed by atoms with Gasteiger partial charge in [0, 0.05) is 0 Å². The van der Waals surface area contributed by atoms with Crippen LogP contribution in [0.3, 0.4) is 0 Å². The number of carbonyl (C=O) groups excluding carboxylic acids is 2. The van der Waals surface area contributed by atoms with Crippen molar-refractivity contribution in [2.45, 2.75) is 124 Å². The Bertz CT molecular complexity index is 842. The van der Waals surface area contributed by atoms with Crippen LogP contribution in [0.4, 0.5) is 22.0 Å². The lowest BCUT2D eigenvalue weighted by molar-refractivity contribution is -0.174. The molecule has 0 radical (unpaired) electrons. The van der Waals surface area contributed by atoms with Gasteiger partial charge in [0.25, 0.3) is 0 Å². The number of benzene rings is 1. The van der Waals surface area contributed by atoms with Gasteiger partial charge in [0.15, 0.2) is 28.7 Å². The van der Waals surface area contributed by atoms with Crippen LogP contribution in [0.15, 0.2) is 0 Å². The molecule has 0 amide bonds. The largest absolute Gasteiger partial charge is 0.465 e. The summed E-state index contributed by atoms with van der Waals surface area (Å²) in [5.74, 6) is -12.7. The van der Waals surface area contributed by atoms with Crippen molar-refractivity contribution in [3.63, 3.8) is 0 Å². The van der Waals surface area contributed by atoms with Gasteiger partial charge in [-0.05, 0) is 19.3 Å². The Hall–Kier alpha value is -2.19. The highest BCUT2D eigenvalue weighted by Gasteiger charge is 2.46. The maximum atomic E-state index is 13.9. The van der Waals surface area contributed by atoms with E-state index >= 15 is 0 Å². The van der Waals surface area contributed by atoms with Crippen LogP contribution in [0.2, 0.25) is 0 Å².